The number of anilines is 1. The zero-order chi connectivity index (χ0) is 20.9. The Morgan fingerprint density at radius 3 is 2.40 bits per heavy atom. The standard InChI is InChI=1S/C21H16FN3O2S3/c22-14-5-7-15(8-6-14)24-20(27)18-11-19(26)25(13-17-4-2-10-29-17)21(30-18)23-12-16-3-1-9-28-16/h1-11H,12-13H2,(H,24,27). The van der Waals surface area contributed by atoms with E-state index < -0.39 is 5.91 Å². The minimum Gasteiger partial charge on any atom is -0.321 e. The van der Waals surface area contributed by atoms with Crippen LogP contribution in [-0.4, -0.2) is 10.5 Å². The second-order valence-corrected chi connectivity index (χ2v) is 9.33. The van der Waals surface area contributed by atoms with Crippen molar-refractivity contribution in [2.75, 3.05) is 5.32 Å². The van der Waals surface area contributed by atoms with Gasteiger partial charge in [0.1, 0.15) is 10.7 Å². The summed E-state index contributed by atoms with van der Waals surface area (Å²) < 4.78 is 14.7. The molecule has 0 aliphatic rings. The first-order valence-corrected chi connectivity index (χ1v) is 11.5. The number of nitrogens with zero attached hydrogens (tertiary/aromatic N) is 2. The van der Waals surface area contributed by atoms with Crippen molar-refractivity contribution in [2.24, 2.45) is 4.99 Å². The number of thiophene rings is 2. The molecule has 0 fully saturated rings. The largest absolute Gasteiger partial charge is 0.321 e. The second kappa shape index (κ2) is 9.29. The average molecular weight is 458 g/mol. The van der Waals surface area contributed by atoms with Gasteiger partial charge >= 0.3 is 0 Å². The van der Waals surface area contributed by atoms with Crippen molar-refractivity contribution in [1.82, 2.24) is 4.57 Å². The quantitative estimate of drug-likeness (QED) is 0.461. The average Bonchev–Trinajstić information content (AvgIpc) is 3.44. The lowest BCUT2D eigenvalue weighted by molar-refractivity contribution is 0.103. The van der Waals surface area contributed by atoms with Gasteiger partial charge in [-0.2, -0.15) is 0 Å². The maximum absolute atomic E-state index is 13.1. The molecule has 3 heterocycles. The van der Waals surface area contributed by atoms with E-state index in [9.17, 15) is 14.0 Å². The highest BCUT2D eigenvalue weighted by Crippen LogP contribution is 2.13. The minimum absolute atomic E-state index is 0.247. The van der Waals surface area contributed by atoms with Gasteiger partial charge in [0.2, 0.25) is 0 Å². The van der Waals surface area contributed by atoms with E-state index in [0.717, 1.165) is 21.1 Å². The van der Waals surface area contributed by atoms with Crippen molar-refractivity contribution in [3.8, 4) is 0 Å². The van der Waals surface area contributed by atoms with Gasteiger partial charge in [0, 0.05) is 21.5 Å². The second-order valence-electron chi connectivity index (χ2n) is 6.25. The summed E-state index contributed by atoms with van der Waals surface area (Å²) in [5.41, 5.74) is 0.157. The lowest BCUT2D eigenvalue weighted by Crippen LogP contribution is -2.33. The highest BCUT2D eigenvalue weighted by Gasteiger charge is 2.12. The smallest absolute Gasteiger partial charge is 0.266 e. The molecule has 0 atom stereocenters. The summed E-state index contributed by atoms with van der Waals surface area (Å²) in [6.07, 6.45) is 0. The molecule has 1 amide bonds. The zero-order valence-electron chi connectivity index (χ0n) is 15.6. The molecule has 152 valence electrons. The molecule has 5 nitrogen and oxygen atoms in total. The van der Waals surface area contributed by atoms with Crippen LogP contribution in [0.25, 0.3) is 0 Å². The number of rotatable bonds is 6. The molecule has 0 unspecified atom stereocenters. The van der Waals surface area contributed by atoms with Gasteiger partial charge in [0.05, 0.1) is 13.1 Å². The molecule has 4 rings (SSSR count). The third-order valence-electron chi connectivity index (χ3n) is 4.12. The molecular formula is C21H16FN3O2S3. The summed E-state index contributed by atoms with van der Waals surface area (Å²) in [5.74, 6) is -0.818. The van der Waals surface area contributed by atoms with E-state index in [1.54, 1.807) is 27.2 Å². The maximum Gasteiger partial charge on any atom is 0.266 e. The third-order valence-corrected chi connectivity index (χ3v) is 6.90. The summed E-state index contributed by atoms with van der Waals surface area (Å²) >= 11 is 4.30. The van der Waals surface area contributed by atoms with Crippen molar-refractivity contribution >= 4 is 45.6 Å². The summed E-state index contributed by atoms with van der Waals surface area (Å²) in [6, 6.07) is 14.6. The van der Waals surface area contributed by atoms with Gasteiger partial charge in [0.25, 0.3) is 11.5 Å². The van der Waals surface area contributed by atoms with Crippen LogP contribution in [-0.2, 0) is 13.1 Å². The van der Waals surface area contributed by atoms with E-state index in [4.69, 9.17) is 0 Å². The van der Waals surface area contributed by atoms with Crippen LogP contribution in [0.4, 0.5) is 10.1 Å². The number of hydrogen-bond donors (Lipinski definition) is 1. The number of amides is 1. The topological polar surface area (TPSA) is 63.5 Å². The van der Waals surface area contributed by atoms with Crippen LogP contribution < -0.4 is 15.7 Å². The Morgan fingerprint density at radius 1 is 1.03 bits per heavy atom. The fourth-order valence-electron chi connectivity index (χ4n) is 2.67. The summed E-state index contributed by atoms with van der Waals surface area (Å²) in [6.45, 7) is 0.831. The third kappa shape index (κ3) is 4.99. The number of halogens is 1. The molecule has 0 aliphatic carbocycles. The van der Waals surface area contributed by atoms with E-state index in [2.05, 4.69) is 10.3 Å². The summed E-state index contributed by atoms with van der Waals surface area (Å²) in [4.78, 5) is 33.0. The molecule has 4 aromatic rings. The van der Waals surface area contributed by atoms with Gasteiger partial charge in [-0.3, -0.25) is 19.1 Å². The number of nitrogens with one attached hydrogen (secondary N) is 1. The van der Waals surface area contributed by atoms with E-state index >= 15 is 0 Å². The molecule has 3 aromatic heterocycles. The first-order chi connectivity index (χ1) is 14.6. The maximum atomic E-state index is 13.1. The Bertz CT molecular complexity index is 1260. The van der Waals surface area contributed by atoms with Gasteiger partial charge in [-0.25, -0.2) is 4.39 Å². The van der Waals surface area contributed by atoms with Crippen molar-refractivity contribution in [1.29, 1.82) is 0 Å². The van der Waals surface area contributed by atoms with E-state index in [1.165, 1.54) is 30.3 Å². The van der Waals surface area contributed by atoms with Crippen molar-refractivity contribution in [2.45, 2.75) is 13.1 Å². The number of carbonyl (C=O) groups excluding carboxylic acids is 1. The van der Waals surface area contributed by atoms with Crippen LogP contribution in [0.5, 0.6) is 0 Å². The highest BCUT2D eigenvalue weighted by molar-refractivity contribution is 7.11. The Morgan fingerprint density at radius 2 is 1.73 bits per heavy atom. The van der Waals surface area contributed by atoms with Crippen LogP contribution >= 0.6 is 34.0 Å². The normalized spacial score (nSPS) is 11.6. The molecule has 1 aromatic carbocycles. The zero-order valence-corrected chi connectivity index (χ0v) is 18.0. The molecule has 0 saturated heterocycles. The highest BCUT2D eigenvalue weighted by atomic mass is 32.1. The Kier molecular flexibility index (Phi) is 6.32. The first-order valence-electron chi connectivity index (χ1n) is 8.95. The van der Waals surface area contributed by atoms with Gasteiger partial charge in [-0.05, 0) is 47.2 Å². The SMILES string of the molecule is O=C(Nc1ccc(F)cc1)c1cc(=O)n(Cc2cccs2)c(=NCc2cccs2)s1. The molecule has 0 saturated carbocycles. The fourth-order valence-corrected chi connectivity index (χ4v) is 4.89. The summed E-state index contributed by atoms with van der Waals surface area (Å²) in [7, 11) is 0. The lowest BCUT2D eigenvalue weighted by Gasteiger charge is -2.08. The molecule has 0 spiro atoms. The van der Waals surface area contributed by atoms with Crippen LogP contribution in [0, 0.1) is 5.82 Å². The Labute approximate surface area is 183 Å². The predicted molar refractivity (Wildman–Crippen MR) is 120 cm³/mol. The Hall–Kier alpha value is -2.88. The van der Waals surface area contributed by atoms with Crippen molar-refractivity contribution < 1.29 is 9.18 Å². The van der Waals surface area contributed by atoms with Gasteiger partial charge < -0.3 is 5.32 Å². The lowest BCUT2D eigenvalue weighted by atomic mass is 10.3. The van der Waals surface area contributed by atoms with Crippen LogP contribution in [0.3, 0.4) is 0 Å². The molecule has 1 N–H and O–H groups in total. The molecule has 9 heteroatoms. The van der Waals surface area contributed by atoms with E-state index in [0.29, 0.717) is 23.6 Å². The molecule has 0 aliphatic heterocycles. The minimum atomic E-state index is -0.431. The molecule has 0 radical (unpaired) electrons. The molecule has 0 bridgehead atoms. The van der Waals surface area contributed by atoms with Gasteiger partial charge in [0.15, 0.2) is 4.80 Å². The van der Waals surface area contributed by atoms with Crippen LogP contribution in [0.1, 0.15) is 19.4 Å². The van der Waals surface area contributed by atoms with Gasteiger partial charge in [-0.1, -0.05) is 23.5 Å². The number of aromatic nitrogens is 1. The summed E-state index contributed by atoms with van der Waals surface area (Å²) in [5, 5.41) is 6.62. The van der Waals surface area contributed by atoms with Crippen LogP contribution in [0.15, 0.2) is 75.1 Å². The van der Waals surface area contributed by atoms with Crippen molar-refractivity contribution in [3.63, 3.8) is 0 Å². The van der Waals surface area contributed by atoms with E-state index in [1.807, 2.05) is 35.0 Å². The monoisotopic (exact) mass is 457 g/mol. The fraction of sp³-hybridized carbons (Fsp3) is 0.0952. The van der Waals surface area contributed by atoms with Crippen LogP contribution in [0.2, 0.25) is 0 Å². The predicted octanol–water partition coefficient (Wildman–Crippen LogP) is 4.57. The van der Waals surface area contributed by atoms with Gasteiger partial charge in [-0.15, -0.1) is 22.7 Å². The number of benzene rings is 1. The molecular weight excluding hydrogens is 441 g/mol. The Balaban J connectivity index is 1.69. The molecule has 30 heavy (non-hydrogen) atoms. The first kappa shape index (κ1) is 20.4. The number of carbonyl (C=O) groups is 1. The van der Waals surface area contributed by atoms with E-state index in [-0.39, 0.29) is 16.3 Å². The number of hydrogen-bond acceptors (Lipinski definition) is 6. The van der Waals surface area contributed by atoms with Crippen molar-refractivity contribution in [3.05, 3.63) is 101 Å².